The first-order valence-corrected chi connectivity index (χ1v) is 8.87. The summed E-state index contributed by atoms with van der Waals surface area (Å²) in [5.74, 6) is -0.443. The summed E-state index contributed by atoms with van der Waals surface area (Å²) >= 11 is 1.30. The van der Waals surface area contributed by atoms with Gasteiger partial charge in [-0.3, -0.25) is 25.0 Å². The minimum absolute atomic E-state index is 0.0651. The lowest BCUT2D eigenvalue weighted by Gasteiger charge is -2.09. The van der Waals surface area contributed by atoms with E-state index in [9.17, 15) is 19.7 Å². The number of hydrogen-bond donors (Lipinski definition) is 2. The van der Waals surface area contributed by atoms with Gasteiger partial charge in [0.15, 0.2) is 11.7 Å². The van der Waals surface area contributed by atoms with E-state index in [2.05, 4.69) is 15.6 Å². The van der Waals surface area contributed by atoms with Crippen molar-refractivity contribution in [2.24, 2.45) is 0 Å². The second-order valence-corrected chi connectivity index (χ2v) is 6.35. The highest BCUT2D eigenvalue weighted by Gasteiger charge is 2.10. The van der Waals surface area contributed by atoms with E-state index in [1.165, 1.54) is 41.7 Å². The van der Waals surface area contributed by atoms with Crippen LogP contribution in [0.25, 0.3) is 0 Å². The van der Waals surface area contributed by atoms with Gasteiger partial charge in [-0.25, -0.2) is 4.98 Å². The first-order chi connectivity index (χ1) is 13.5. The van der Waals surface area contributed by atoms with Gasteiger partial charge in [0.25, 0.3) is 17.5 Å². The van der Waals surface area contributed by atoms with E-state index < -0.39 is 10.8 Å². The molecular weight excluding hydrogens is 384 g/mol. The summed E-state index contributed by atoms with van der Waals surface area (Å²) in [5, 5.41) is 18.1. The van der Waals surface area contributed by atoms with E-state index in [0.29, 0.717) is 22.1 Å². The smallest absolute Gasteiger partial charge is 0.269 e. The highest BCUT2D eigenvalue weighted by atomic mass is 32.1. The number of non-ortho nitro benzene ring substituents is 1. The summed E-state index contributed by atoms with van der Waals surface area (Å²) in [7, 11) is 0. The van der Waals surface area contributed by atoms with Gasteiger partial charge >= 0.3 is 0 Å². The molecule has 0 bridgehead atoms. The lowest BCUT2D eigenvalue weighted by Crippen LogP contribution is -2.20. The molecule has 0 saturated heterocycles. The van der Waals surface area contributed by atoms with E-state index in [-0.39, 0.29) is 18.2 Å². The third kappa shape index (κ3) is 5.11. The molecule has 0 atom stereocenters. The molecule has 1 aromatic heterocycles. The van der Waals surface area contributed by atoms with Gasteiger partial charge in [-0.1, -0.05) is 6.07 Å². The molecule has 0 unspecified atom stereocenters. The molecule has 28 heavy (non-hydrogen) atoms. The molecule has 3 aromatic rings. The zero-order valence-corrected chi connectivity index (χ0v) is 15.1. The maximum absolute atomic E-state index is 12.2. The zero-order chi connectivity index (χ0) is 19.9. The third-order valence-electron chi connectivity index (χ3n) is 3.48. The Morgan fingerprint density at radius 2 is 1.93 bits per heavy atom. The Labute approximate surface area is 163 Å². The molecule has 2 aromatic carbocycles. The number of amides is 2. The van der Waals surface area contributed by atoms with Crippen molar-refractivity contribution >= 4 is 39.7 Å². The standard InChI is InChI=1S/C18H14N4O5S/c23-16(11-27-15-6-4-14(5-7-15)22(25)26)20-13-3-1-2-12(10-13)17(24)21-18-19-8-9-28-18/h1-10H,11H2,(H,20,23)(H,19,21,24). The van der Waals surface area contributed by atoms with Crippen LogP contribution in [0, 0.1) is 10.1 Å². The molecular formula is C18H14N4O5S. The Balaban J connectivity index is 1.55. The van der Waals surface area contributed by atoms with Crippen LogP contribution < -0.4 is 15.4 Å². The molecule has 0 aliphatic rings. The van der Waals surface area contributed by atoms with Gasteiger partial charge in [-0.05, 0) is 30.3 Å². The van der Waals surface area contributed by atoms with Gasteiger partial charge in [0.1, 0.15) is 5.75 Å². The zero-order valence-electron chi connectivity index (χ0n) is 14.3. The molecule has 3 rings (SSSR count). The fourth-order valence-electron chi connectivity index (χ4n) is 2.20. The number of aromatic nitrogens is 1. The average molecular weight is 398 g/mol. The second-order valence-electron chi connectivity index (χ2n) is 5.46. The van der Waals surface area contributed by atoms with Crippen molar-refractivity contribution in [2.45, 2.75) is 0 Å². The van der Waals surface area contributed by atoms with Crippen molar-refractivity contribution in [3.63, 3.8) is 0 Å². The number of nitrogens with one attached hydrogen (secondary N) is 2. The quantitative estimate of drug-likeness (QED) is 0.465. The highest BCUT2D eigenvalue weighted by Crippen LogP contribution is 2.18. The summed E-state index contributed by atoms with van der Waals surface area (Å²) in [6.45, 7) is -0.284. The van der Waals surface area contributed by atoms with Crippen molar-refractivity contribution in [1.82, 2.24) is 4.98 Å². The predicted octanol–water partition coefficient (Wildman–Crippen LogP) is 3.32. The first-order valence-electron chi connectivity index (χ1n) is 7.99. The summed E-state index contributed by atoms with van der Waals surface area (Å²) in [6.07, 6.45) is 1.59. The second kappa shape index (κ2) is 8.73. The summed E-state index contributed by atoms with van der Waals surface area (Å²) in [6, 6.07) is 11.8. The number of nitrogens with zero attached hydrogens (tertiary/aromatic N) is 2. The molecule has 9 nitrogen and oxygen atoms in total. The topological polar surface area (TPSA) is 123 Å². The molecule has 10 heteroatoms. The number of benzene rings is 2. The number of carbonyl (C=O) groups is 2. The van der Waals surface area contributed by atoms with E-state index >= 15 is 0 Å². The lowest BCUT2D eigenvalue weighted by molar-refractivity contribution is -0.384. The largest absolute Gasteiger partial charge is 0.484 e. The number of anilines is 2. The third-order valence-corrected chi connectivity index (χ3v) is 4.17. The van der Waals surface area contributed by atoms with E-state index in [4.69, 9.17) is 4.74 Å². The van der Waals surface area contributed by atoms with E-state index in [1.54, 1.807) is 29.8 Å². The van der Waals surface area contributed by atoms with Crippen LogP contribution in [-0.2, 0) is 4.79 Å². The van der Waals surface area contributed by atoms with Gasteiger partial charge < -0.3 is 10.1 Å². The number of nitro groups is 1. The van der Waals surface area contributed by atoms with Crippen molar-refractivity contribution in [1.29, 1.82) is 0 Å². The van der Waals surface area contributed by atoms with Crippen molar-refractivity contribution in [3.05, 3.63) is 75.8 Å². The van der Waals surface area contributed by atoms with Crippen LogP contribution in [0.3, 0.4) is 0 Å². The molecule has 142 valence electrons. The number of ether oxygens (including phenoxy) is 1. The molecule has 0 radical (unpaired) electrons. The SMILES string of the molecule is O=C(COc1ccc([N+](=O)[O-])cc1)Nc1cccc(C(=O)Nc2nccs2)c1. The number of nitro benzene ring substituents is 1. The maximum Gasteiger partial charge on any atom is 0.269 e. The van der Waals surface area contributed by atoms with Crippen molar-refractivity contribution in [2.75, 3.05) is 17.2 Å². The fourth-order valence-corrected chi connectivity index (χ4v) is 2.73. The van der Waals surface area contributed by atoms with Crippen molar-refractivity contribution in [3.8, 4) is 5.75 Å². The molecule has 2 amide bonds. The molecule has 0 saturated carbocycles. The number of thiazole rings is 1. The normalized spacial score (nSPS) is 10.1. The van der Waals surface area contributed by atoms with Crippen LogP contribution in [0.15, 0.2) is 60.1 Å². The van der Waals surface area contributed by atoms with Crippen LogP contribution in [0.4, 0.5) is 16.5 Å². The molecule has 0 aliphatic carbocycles. The van der Waals surface area contributed by atoms with E-state index in [0.717, 1.165) is 0 Å². The molecule has 0 fully saturated rings. The monoisotopic (exact) mass is 398 g/mol. The van der Waals surface area contributed by atoms with Gasteiger partial charge in [0.05, 0.1) is 4.92 Å². The van der Waals surface area contributed by atoms with Crippen molar-refractivity contribution < 1.29 is 19.2 Å². The molecule has 2 N–H and O–H groups in total. The number of hydrogen-bond acceptors (Lipinski definition) is 7. The molecule has 0 aliphatic heterocycles. The van der Waals surface area contributed by atoms with E-state index in [1.807, 2.05) is 0 Å². The number of carbonyl (C=O) groups excluding carboxylic acids is 2. The Morgan fingerprint density at radius 1 is 1.14 bits per heavy atom. The average Bonchev–Trinajstić information content (AvgIpc) is 3.20. The van der Waals surface area contributed by atoms with Crippen LogP contribution >= 0.6 is 11.3 Å². The lowest BCUT2D eigenvalue weighted by atomic mass is 10.2. The van der Waals surface area contributed by atoms with Gasteiger partial charge in [-0.15, -0.1) is 11.3 Å². The number of rotatable bonds is 7. The molecule has 1 heterocycles. The predicted molar refractivity (Wildman–Crippen MR) is 104 cm³/mol. The Hall–Kier alpha value is -3.79. The highest BCUT2D eigenvalue weighted by molar-refractivity contribution is 7.13. The van der Waals surface area contributed by atoms with Crippen LogP contribution in [0.1, 0.15) is 10.4 Å². The minimum atomic E-state index is -0.520. The van der Waals surface area contributed by atoms with Crippen LogP contribution in [0.2, 0.25) is 0 Å². The van der Waals surface area contributed by atoms with Gasteiger partial charge in [0.2, 0.25) is 0 Å². The summed E-state index contributed by atoms with van der Waals surface area (Å²) < 4.78 is 5.30. The fraction of sp³-hybridized carbons (Fsp3) is 0.0556. The van der Waals surface area contributed by atoms with Crippen LogP contribution in [0.5, 0.6) is 5.75 Å². The minimum Gasteiger partial charge on any atom is -0.484 e. The first kappa shape index (κ1) is 19.0. The maximum atomic E-state index is 12.2. The Kier molecular flexibility index (Phi) is 5.92. The summed E-state index contributed by atoms with van der Waals surface area (Å²) in [5.41, 5.74) is 0.734. The van der Waals surface area contributed by atoms with Crippen LogP contribution in [-0.4, -0.2) is 28.3 Å². The Bertz CT molecular complexity index is 989. The van der Waals surface area contributed by atoms with Gasteiger partial charge in [0, 0.05) is 35.0 Å². The van der Waals surface area contributed by atoms with Gasteiger partial charge in [-0.2, -0.15) is 0 Å². The summed E-state index contributed by atoms with van der Waals surface area (Å²) in [4.78, 5) is 38.3. The Morgan fingerprint density at radius 3 is 2.61 bits per heavy atom. The molecule has 0 spiro atoms.